The molecule has 0 radical (unpaired) electrons. The Labute approximate surface area is 52.9 Å². The van der Waals surface area contributed by atoms with Crippen molar-refractivity contribution in [2.24, 2.45) is 5.28 Å². The minimum Gasteiger partial charge on any atom is -0.473 e. The molecule has 0 aromatic carbocycles. The molecule has 1 heterocycles. The van der Waals surface area contributed by atoms with Crippen LogP contribution in [-0.2, 0) is 4.84 Å². The zero-order valence-corrected chi connectivity index (χ0v) is 5.07. The molecule has 1 aromatic heterocycles. The van der Waals surface area contributed by atoms with Gasteiger partial charge in [0.25, 0.3) is 0 Å². The van der Waals surface area contributed by atoms with Crippen molar-refractivity contribution in [1.29, 1.82) is 5.53 Å². The van der Waals surface area contributed by atoms with Gasteiger partial charge in [0.1, 0.15) is 7.11 Å². The summed E-state index contributed by atoms with van der Waals surface area (Å²) in [5, 5.41) is 2.49. The van der Waals surface area contributed by atoms with E-state index >= 15 is 0 Å². The Kier molecular flexibility index (Phi) is 5.70. The lowest BCUT2D eigenvalue weighted by Crippen LogP contribution is -1.53. The van der Waals surface area contributed by atoms with Gasteiger partial charge < -0.3 is 9.25 Å². The number of hydrogen-bond donors (Lipinski definition) is 1. The maximum Gasteiger partial charge on any atom is 0.108 e. The van der Waals surface area contributed by atoms with Crippen molar-refractivity contribution in [2.75, 3.05) is 7.11 Å². The average Bonchev–Trinajstić information content (AvgIpc) is 2.43. The molecule has 0 fully saturated rings. The SMILES string of the molecule is CON=N.c1ccoc1. The van der Waals surface area contributed by atoms with Crippen LogP contribution in [0.4, 0.5) is 0 Å². The van der Waals surface area contributed by atoms with Gasteiger partial charge in [-0.25, -0.2) is 0 Å². The van der Waals surface area contributed by atoms with Crippen LogP contribution in [0.1, 0.15) is 0 Å². The van der Waals surface area contributed by atoms with Crippen LogP contribution in [0.15, 0.2) is 34.4 Å². The number of nitrogens with one attached hydrogen (secondary N) is 1. The highest BCUT2D eigenvalue weighted by molar-refractivity contribution is 4.79. The minimum atomic E-state index is 1.33. The van der Waals surface area contributed by atoms with E-state index in [4.69, 9.17) is 5.53 Å². The molecule has 4 heteroatoms. The van der Waals surface area contributed by atoms with E-state index < -0.39 is 0 Å². The summed E-state index contributed by atoms with van der Waals surface area (Å²) in [6.07, 6.45) is 3.25. The Morgan fingerprint density at radius 2 is 1.89 bits per heavy atom. The molecule has 9 heavy (non-hydrogen) atoms. The van der Waals surface area contributed by atoms with Crippen molar-refractivity contribution in [3.05, 3.63) is 24.7 Å². The van der Waals surface area contributed by atoms with Gasteiger partial charge in [-0.15, -0.1) is 0 Å². The summed E-state index contributed by atoms with van der Waals surface area (Å²) in [7, 11) is 1.33. The van der Waals surface area contributed by atoms with Crippen LogP contribution in [0.3, 0.4) is 0 Å². The second kappa shape index (κ2) is 6.68. The van der Waals surface area contributed by atoms with Gasteiger partial charge in [-0.2, -0.15) is 5.53 Å². The van der Waals surface area contributed by atoms with Crippen molar-refractivity contribution in [3.63, 3.8) is 0 Å². The van der Waals surface area contributed by atoms with Crippen molar-refractivity contribution in [2.45, 2.75) is 0 Å². The van der Waals surface area contributed by atoms with E-state index in [2.05, 4.69) is 14.5 Å². The number of rotatable bonds is 1. The lowest BCUT2D eigenvalue weighted by molar-refractivity contribution is 0.179. The molecular weight excluding hydrogens is 120 g/mol. The normalized spacial score (nSPS) is 6.78. The van der Waals surface area contributed by atoms with E-state index in [9.17, 15) is 0 Å². The lowest BCUT2D eigenvalue weighted by atomic mass is 10.7. The molecular formula is C5H8N2O2. The summed E-state index contributed by atoms with van der Waals surface area (Å²) in [4.78, 5) is 3.83. The van der Waals surface area contributed by atoms with E-state index in [1.807, 2.05) is 12.1 Å². The lowest BCUT2D eigenvalue weighted by Gasteiger charge is -1.68. The van der Waals surface area contributed by atoms with E-state index in [1.165, 1.54) is 7.11 Å². The molecule has 50 valence electrons. The largest absolute Gasteiger partial charge is 0.473 e. The van der Waals surface area contributed by atoms with Crippen LogP contribution in [0.2, 0.25) is 0 Å². The molecule has 4 nitrogen and oxygen atoms in total. The fraction of sp³-hybridized carbons (Fsp3) is 0.200. The molecule has 1 N–H and O–H groups in total. The Morgan fingerprint density at radius 3 is 2.00 bits per heavy atom. The van der Waals surface area contributed by atoms with Gasteiger partial charge in [0.2, 0.25) is 0 Å². The molecule has 0 spiro atoms. The molecule has 1 rings (SSSR count). The highest BCUT2D eigenvalue weighted by atomic mass is 16.6. The first-order chi connectivity index (χ1) is 4.41. The van der Waals surface area contributed by atoms with E-state index in [0.717, 1.165) is 0 Å². The summed E-state index contributed by atoms with van der Waals surface area (Å²) in [6.45, 7) is 0. The summed E-state index contributed by atoms with van der Waals surface area (Å²) >= 11 is 0. The molecule has 0 saturated heterocycles. The highest BCUT2D eigenvalue weighted by Crippen LogP contribution is 1.79. The maximum atomic E-state index is 5.85. The topological polar surface area (TPSA) is 58.6 Å². The monoisotopic (exact) mass is 128 g/mol. The van der Waals surface area contributed by atoms with E-state index in [1.54, 1.807) is 12.5 Å². The summed E-state index contributed by atoms with van der Waals surface area (Å²) in [5.74, 6) is 0. The summed E-state index contributed by atoms with van der Waals surface area (Å²) in [5.41, 5.74) is 5.85. The fourth-order valence-corrected chi connectivity index (χ4v) is 0.227. The van der Waals surface area contributed by atoms with Crippen LogP contribution in [0.25, 0.3) is 0 Å². The molecule has 0 amide bonds. The van der Waals surface area contributed by atoms with E-state index in [-0.39, 0.29) is 0 Å². The third kappa shape index (κ3) is 6.68. The fourth-order valence-electron chi connectivity index (χ4n) is 0.227. The third-order valence-corrected chi connectivity index (χ3v) is 0.517. The van der Waals surface area contributed by atoms with Gasteiger partial charge in [0, 0.05) is 5.28 Å². The second-order valence-corrected chi connectivity index (χ2v) is 1.07. The first kappa shape index (κ1) is 7.68. The highest BCUT2D eigenvalue weighted by Gasteiger charge is 1.58. The van der Waals surface area contributed by atoms with Gasteiger partial charge >= 0.3 is 0 Å². The zero-order chi connectivity index (χ0) is 6.95. The van der Waals surface area contributed by atoms with Crippen molar-refractivity contribution < 1.29 is 9.25 Å². The molecule has 0 atom stereocenters. The Balaban J connectivity index is 0.000000148. The Morgan fingerprint density at radius 1 is 1.44 bits per heavy atom. The van der Waals surface area contributed by atoms with Crippen LogP contribution in [0, 0.1) is 5.53 Å². The first-order valence-corrected chi connectivity index (χ1v) is 2.29. The average molecular weight is 128 g/mol. The second-order valence-electron chi connectivity index (χ2n) is 1.07. The molecule has 0 aliphatic heterocycles. The van der Waals surface area contributed by atoms with Gasteiger partial charge in [-0.1, -0.05) is 0 Å². The maximum absolute atomic E-state index is 5.85. The predicted octanol–water partition coefficient (Wildman–Crippen LogP) is 1.86. The predicted molar refractivity (Wildman–Crippen MR) is 30.9 cm³/mol. The molecule has 0 saturated carbocycles. The minimum absolute atomic E-state index is 1.33. The molecule has 1 aromatic rings. The zero-order valence-electron chi connectivity index (χ0n) is 5.07. The van der Waals surface area contributed by atoms with Crippen molar-refractivity contribution in [3.8, 4) is 0 Å². The summed E-state index contributed by atoms with van der Waals surface area (Å²) in [6, 6.07) is 3.67. The first-order valence-electron chi connectivity index (χ1n) is 2.29. The van der Waals surface area contributed by atoms with Crippen LogP contribution in [0.5, 0.6) is 0 Å². The molecule has 0 unspecified atom stereocenters. The van der Waals surface area contributed by atoms with Gasteiger partial charge in [0.15, 0.2) is 0 Å². The van der Waals surface area contributed by atoms with Gasteiger partial charge in [-0.05, 0) is 12.1 Å². The standard InChI is InChI=1S/C4H4O.CH4N2O/c1-2-4-5-3-1;1-4-3-2/h1-4H;2H,1H3. The van der Waals surface area contributed by atoms with Gasteiger partial charge in [0.05, 0.1) is 12.5 Å². The molecule has 0 aliphatic rings. The smallest absolute Gasteiger partial charge is 0.108 e. The van der Waals surface area contributed by atoms with Crippen LogP contribution < -0.4 is 0 Å². The van der Waals surface area contributed by atoms with Gasteiger partial charge in [-0.3, -0.25) is 0 Å². The summed E-state index contributed by atoms with van der Waals surface area (Å²) < 4.78 is 4.58. The van der Waals surface area contributed by atoms with Crippen LogP contribution in [-0.4, -0.2) is 7.11 Å². The number of nitrogens with zero attached hydrogens (tertiary/aromatic N) is 1. The van der Waals surface area contributed by atoms with Crippen molar-refractivity contribution >= 4 is 0 Å². The van der Waals surface area contributed by atoms with Crippen molar-refractivity contribution in [1.82, 2.24) is 0 Å². The quantitative estimate of drug-likeness (QED) is 0.463. The number of hydrogen-bond acceptors (Lipinski definition) is 4. The number of furan rings is 1. The third-order valence-electron chi connectivity index (χ3n) is 0.517. The van der Waals surface area contributed by atoms with E-state index in [0.29, 0.717) is 0 Å². The molecule has 0 aliphatic carbocycles. The Hall–Kier alpha value is -1.32. The van der Waals surface area contributed by atoms with Crippen LogP contribution >= 0.6 is 0 Å². The Bertz CT molecular complexity index is 110. The molecule has 0 bridgehead atoms.